The Bertz CT molecular complexity index is 2250. The molecule has 0 radical (unpaired) electrons. The number of β-lactam (4-membered cyclic amide) rings is 1. The topological polar surface area (TPSA) is 208 Å². The molecular formula is C49H55NO13S. The van der Waals surface area contributed by atoms with Crippen molar-refractivity contribution in [2.24, 2.45) is 0 Å². The Labute approximate surface area is 377 Å². The minimum Gasteiger partial charge on any atom is -0.489 e. The average molecular weight is 898 g/mol. The van der Waals surface area contributed by atoms with E-state index in [9.17, 15) is 40.5 Å². The van der Waals surface area contributed by atoms with E-state index >= 15 is 0 Å². The Kier molecular flexibility index (Phi) is 16.1. The number of benzene rings is 5. The van der Waals surface area contributed by atoms with Crippen LogP contribution in [0.1, 0.15) is 47.2 Å². The highest BCUT2D eigenvalue weighted by molar-refractivity contribution is 7.80. The molecular weight excluding hydrogens is 843 g/mol. The molecule has 3 heterocycles. The maximum Gasteiger partial charge on any atom is 0.230 e. The van der Waals surface area contributed by atoms with Crippen molar-refractivity contribution in [3.8, 4) is 22.6 Å². The summed E-state index contributed by atoms with van der Waals surface area (Å²) in [5, 5.41) is 71.3. The van der Waals surface area contributed by atoms with Crippen molar-refractivity contribution in [1.29, 1.82) is 0 Å². The predicted octanol–water partition coefficient (Wildman–Crippen LogP) is 4.40. The van der Waals surface area contributed by atoms with E-state index in [0.717, 1.165) is 33.5 Å². The predicted molar refractivity (Wildman–Crippen MR) is 240 cm³/mol. The van der Waals surface area contributed by atoms with Crippen LogP contribution in [0.3, 0.4) is 0 Å². The molecule has 3 aliphatic heterocycles. The number of thiol groups is 1. The average Bonchev–Trinajstić information content (AvgIpc) is 3.31. The van der Waals surface area contributed by atoms with Crippen molar-refractivity contribution in [3.05, 3.63) is 150 Å². The van der Waals surface area contributed by atoms with Crippen LogP contribution in [0.25, 0.3) is 11.1 Å². The van der Waals surface area contributed by atoms with Gasteiger partial charge in [0.25, 0.3) is 0 Å². The largest absolute Gasteiger partial charge is 0.489 e. The highest BCUT2D eigenvalue weighted by atomic mass is 32.1. The molecule has 3 fully saturated rings. The summed E-state index contributed by atoms with van der Waals surface area (Å²) in [6.07, 6.45) is -12.2. The summed E-state index contributed by atoms with van der Waals surface area (Å²) < 4.78 is 29.6. The van der Waals surface area contributed by atoms with Crippen LogP contribution in [0.5, 0.6) is 11.5 Å². The SMILES string of the molecule is Cc1ccc(C(O)CS)cc1.O=C1CC(c2ccc(-c3cccc(OC4OC(CO)[C@@H](OC5CC(O)[C@H](O)C(CO)O5)C(O)C4O)c3)cc2OCc2ccccc2)N1c1ccccc1. The van der Waals surface area contributed by atoms with E-state index < -0.39 is 74.6 Å². The van der Waals surface area contributed by atoms with Crippen molar-refractivity contribution in [2.75, 3.05) is 23.9 Å². The third-order valence-corrected chi connectivity index (χ3v) is 11.8. The van der Waals surface area contributed by atoms with Crippen LogP contribution in [-0.4, -0.2) is 116 Å². The van der Waals surface area contributed by atoms with Gasteiger partial charge in [-0.2, -0.15) is 12.6 Å². The standard InChI is InChI=1S/C40H43NO12.C9H12OS/c42-20-32-36(46)30(44)19-35(51-32)53-39-33(21-43)52-40(38(48)37(39)47)50-27-13-7-10-24(16-27)25-14-15-28(31(17-25)49-22-23-8-3-1-4-9-23)29-18-34(45)41(29)26-11-5-2-6-12-26;1-7-2-4-8(5-3-7)9(10)6-11/h1-17,29-30,32-33,35-40,42-44,46-48H,18-22H2;2-5,9-11H,6H2,1H3/t29?,30?,32?,33?,35?,36-,37?,38?,39+,40?;/m0./s1. The molecule has 7 N–H and O–H groups in total. The zero-order valence-electron chi connectivity index (χ0n) is 35.2. The number of para-hydroxylation sites is 1. The maximum atomic E-state index is 12.8. The lowest BCUT2D eigenvalue weighted by atomic mass is 9.90. The lowest BCUT2D eigenvalue weighted by Gasteiger charge is -2.44. The first-order valence-corrected chi connectivity index (χ1v) is 21.8. The van der Waals surface area contributed by atoms with Crippen molar-refractivity contribution < 1.29 is 64.2 Å². The molecule has 15 heteroatoms. The fourth-order valence-corrected chi connectivity index (χ4v) is 8.06. The fourth-order valence-electron chi connectivity index (χ4n) is 7.85. The lowest BCUT2D eigenvalue weighted by molar-refractivity contribution is -0.332. The van der Waals surface area contributed by atoms with Gasteiger partial charge in [0, 0.05) is 23.4 Å². The molecule has 0 spiro atoms. The van der Waals surface area contributed by atoms with E-state index in [1.165, 1.54) is 5.56 Å². The van der Waals surface area contributed by atoms with Gasteiger partial charge in [0.1, 0.15) is 54.7 Å². The Balaban J connectivity index is 0.000000487. The zero-order chi connectivity index (χ0) is 45.3. The zero-order valence-corrected chi connectivity index (χ0v) is 36.1. The van der Waals surface area contributed by atoms with E-state index in [4.69, 9.17) is 23.7 Å². The molecule has 5 aromatic carbocycles. The van der Waals surface area contributed by atoms with Gasteiger partial charge >= 0.3 is 0 Å². The van der Waals surface area contributed by atoms with Crippen LogP contribution in [0, 0.1) is 6.92 Å². The summed E-state index contributed by atoms with van der Waals surface area (Å²) in [6.45, 7) is 1.15. The van der Waals surface area contributed by atoms with Gasteiger partial charge in [0.15, 0.2) is 6.29 Å². The minimum absolute atomic E-state index is 0.0268. The van der Waals surface area contributed by atoms with Crippen LogP contribution >= 0.6 is 12.6 Å². The third kappa shape index (κ3) is 11.1. The fraction of sp³-hybridized carbons (Fsp3) is 0.367. The van der Waals surface area contributed by atoms with Gasteiger partial charge in [-0.25, -0.2) is 0 Å². The van der Waals surface area contributed by atoms with Gasteiger partial charge in [-0.1, -0.05) is 103 Å². The monoisotopic (exact) mass is 897 g/mol. The summed E-state index contributed by atoms with van der Waals surface area (Å²) in [5.41, 5.74) is 6.37. The molecule has 8 rings (SSSR count). The van der Waals surface area contributed by atoms with Crippen LogP contribution in [0.4, 0.5) is 5.69 Å². The van der Waals surface area contributed by atoms with Crippen LogP contribution in [-0.2, 0) is 25.6 Å². The van der Waals surface area contributed by atoms with Gasteiger partial charge in [0.2, 0.25) is 12.2 Å². The molecule has 3 aliphatic rings. The molecule has 340 valence electrons. The van der Waals surface area contributed by atoms with Gasteiger partial charge in [-0.15, -0.1) is 0 Å². The number of aliphatic hydroxyl groups excluding tert-OH is 7. The van der Waals surface area contributed by atoms with Gasteiger partial charge < -0.3 is 64.3 Å². The molecule has 9 unspecified atom stereocenters. The quantitative estimate of drug-likeness (QED) is 0.0576. The number of ether oxygens (including phenoxy) is 5. The van der Waals surface area contributed by atoms with E-state index in [0.29, 0.717) is 30.3 Å². The number of carbonyl (C=O) groups excluding carboxylic acids is 1. The number of hydrogen-bond acceptors (Lipinski definition) is 14. The molecule has 64 heavy (non-hydrogen) atoms. The first kappa shape index (κ1) is 47.1. The summed E-state index contributed by atoms with van der Waals surface area (Å²) >= 11 is 4.00. The first-order valence-electron chi connectivity index (χ1n) is 21.2. The van der Waals surface area contributed by atoms with Crippen LogP contribution in [0.15, 0.2) is 127 Å². The third-order valence-electron chi connectivity index (χ3n) is 11.5. The maximum absolute atomic E-state index is 12.8. The second kappa shape index (κ2) is 21.9. The van der Waals surface area contributed by atoms with Gasteiger partial charge in [0.05, 0.1) is 37.9 Å². The molecule has 14 nitrogen and oxygen atoms in total. The highest BCUT2D eigenvalue weighted by Gasteiger charge is 2.49. The molecule has 5 aromatic rings. The minimum atomic E-state index is -1.62. The van der Waals surface area contributed by atoms with Crippen LogP contribution < -0.4 is 14.4 Å². The van der Waals surface area contributed by atoms with Crippen molar-refractivity contribution in [2.45, 2.75) is 93.8 Å². The normalized spacial score (nSPS) is 27.1. The van der Waals surface area contributed by atoms with E-state index in [-0.39, 0.29) is 18.4 Å². The second-order valence-electron chi connectivity index (χ2n) is 16.0. The lowest BCUT2D eigenvalue weighted by Crippen LogP contribution is -2.62. The second-order valence-corrected chi connectivity index (χ2v) is 16.4. The number of rotatable bonds is 14. The number of nitrogens with zero attached hydrogens (tertiary/aromatic N) is 1. The first-order chi connectivity index (χ1) is 31.0. The van der Waals surface area contributed by atoms with E-state index in [2.05, 4.69) is 12.6 Å². The molecule has 11 atom stereocenters. The van der Waals surface area contributed by atoms with E-state index in [1.54, 1.807) is 23.1 Å². The smallest absolute Gasteiger partial charge is 0.230 e. The molecule has 1 amide bonds. The summed E-state index contributed by atoms with van der Waals surface area (Å²) in [5.74, 6) is 1.43. The van der Waals surface area contributed by atoms with E-state index in [1.807, 2.05) is 116 Å². The van der Waals surface area contributed by atoms with Crippen molar-refractivity contribution >= 4 is 24.2 Å². The number of aryl methyl sites for hydroxylation is 1. The summed E-state index contributed by atoms with van der Waals surface area (Å²) in [4.78, 5) is 14.6. The molecule has 0 aliphatic carbocycles. The molecule has 3 saturated heterocycles. The van der Waals surface area contributed by atoms with Crippen molar-refractivity contribution in [1.82, 2.24) is 0 Å². The summed E-state index contributed by atoms with van der Waals surface area (Å²) in [7, 11) is 0. The number of hydrogen-bond donors (Lipinski definition) is 8. The Hall–Kier alpha value is -4.88. The molecule has 0 aromatic heterocycles. The Morgan fingerprint density at radius 1 is 0.766 bits per heavy atom. The Morgan fingerprint density at radius 3 is 2.12 bits per heavy atom. The molecule has 0 bridgehead atoms. The van der Waals surface area contributed by atoms with Crippen LogP contribution in [0.2, 0.25) is 0 Å². The van der Waals surface area contributed by atoms with Crippen molar-refractivity contribution in [3.63, 3.8) is 0 Å². The number of carbonyl (C=O) groups is 1. The Morgan fingerprint density at radius 2 is 1.45 bits per heavy atom. The highest BCUT2D eigenvalue weighted by Crippen LogP contribution is 2.44. The molecule has 0 saturated carbocycles. The number of anilines is 1. The summed E-state index contributed by atoms with van der Waals surface area (Å²) in [6, 6.07) is 39.8. The number of amides is 1. The number of aliphatic hydroxyl groups is 7. The van der Waals surface area contributed by atoms with Gasteiger partial charge in [-0.05, 0) is 59.5 Å². The van der Waals surface area contributed by atoms with Gasteiger partial charge in [-0.3, -0.25) is 4.79 Å².